The smallest absolute Gasteiger partial charge is 0.240 e. The van der Waals surface area contributed by atoms with E-state index in [0.717, 1.165) is 17.8 Å². The molecule has 120 valence electrons. The summed E-state index contributed by atoms with van der Waals surface area (Å²) in [6.45, 7) is 0.0738. The standard InChI is InChI=1S/C15H13F2N3O2S/c16-11-7-12(17)9-14(8-11)23(21,22)18-5-4-13-10-20-6-2-1-3-15(20)19-13/h1-3,6-10,18H,4-5H2. The average molecular weight is 337 g/mol. The molecule has 0 saturated heterocycles. The Hall–Kier alpha value is -2.32. The van der Waals surface area contributed by atoms with Gasteiger partial charge in [0.2, 0.25) is 10.0 Å². The zero-order chi connectivity index (χ0) is 16.4. The van der Waals surface area contributed by atoms with Crippen LogP contribution in [-0.4, -0.2) is 24.3 Å². The van der Waals surface area contributed by atoms with Gasteiger partial charge < -0.3 is 4.40 Å². The third-order valence-corrected chi connectivity index (χ3v) is 4.67. The molecule has 8 heteroatoms. The lowest BCUT2D eigenvalue weighted by molar-refractivity contribution is 0.561. The molecule has 0 amide bonds. The molecule has 0 radical (unpaired) electrons. The SMILES string of the molecule is O=S(=O)(NCCc1cn2ccccc2n1)c1cc(F)cc(F)c1. The van der Waals surface area contributed by atoms with Gasteiger partial charge >= 0.3 is 0 Å². The third kappa shape index (κ3) is 3.54. The van der Waals surface area contributed by atoms with Crippen LogP contribution in [0.5, 0.6) is 0 Å². The molecule has 0 unspecified atom stereocenters. The maximum absolute atomic E-state index is 13.1. The van der Waals surface area contributed by atoms with Gasteiger partial charge in [-0.3, -0.25) is 0 Å². The van der Waals surface area contributed by atoms with Crippen LogP contribution in [0.25, 0.3) is 5.65 Å². The number of hydrogen-bond donors (Lipinski definition) is 1. The molecule has 0 saturated carbocycles. The number of aromatic nitrogens is 2. The lowest BCUT2D eigenvalue weighted by Crippen LogP contribution is -2.26. The fourth-order valence-electron chi connectivity index (χ4n) is 2.19. The Balaban J connectivity index is 1.69. The van der Waals surface area contributed by atoms with Crippen molar-refractivity contribution in [3.8, 4) is 0 Å². The maximum atomic E-state index is 13.1. The highest BCUT2D eigenvalue weighted by Crippen LogP contribution is 2.13. The average Bonchev–Trinajstić information content (AvgIpc) is 2.88. The van der Waals surface area contributed by atoms with Crippen LogP contribution in [0.1, 0.15) is 5.69 Å². The van der Waals surface area contributed by atoms with E-state index >= 15 is 0 Å². The Bertz CT molecular complexity index is 901. The second kappa shape index (κ2) is 6.05. The molecule has 5 nitrogen and oxygen atoms in total. The Morgan fingerprint density at radius 1 is 1.13 bits per heavy atom. The van der Waals surface area contributed by atoms with Gasteiger partial charge in [0.05, 0.1) is 10.6 Å². The van der Waals surface area contributed by atoms with E-state index in [1.807, 2.05) is 28.8 Å². The molecule has 2 aromatic heterocycles. The Morgan fingerprint density at radius 3 is 2.57 bits per heavy atom. The molecule has 1 N–H and O–H groups in total. The molecular weight excluding hydrogens is 324 g/mol. The van der Waals surface area contributed by atoms with Gasteiger partial charge in [0.1, 0.15) is 17.3 Å². The van der Waals surface area contributed by atoms with Gasteiger partial charge in [-0.05, 0) is 24.3 Å². The molecule has 0 fully saturated rings. The summed E-state index contributed by atoms with van der Waals surface area (Å²) >= 11 is 0. The molecule has 3 aromatic rings. The summed E-state index contributed by atoms with van der Waals surface area (Å²) in [7, 11) is -3.97. The number of nitrogens with zero attached hydrogens (tertiary/aromatic N) is 2. The highest BCUT2D eigenvalue weighted by Gasteiger charge is 2.16. The maximum Gasteiger partial charge on any atom is 0.240 e. The zero-order valence-electron chi connectivity index (χ0n) is 11.9. The van der Waals surface area contributed by atoms with Crippen LogP contribution in [0.15, 0.2) is 53.7 Å². The van der Waals surface area contributed by atoms with Crippen molar-refractivity contribution < 1.29 is 17.2 Å². The highest BCUT2D eigenvalue weighted by molar-refractivity contribution is 7.89. The van der Waals surface area contributed by atoms with Gasteiger partial charge in [-0.1, -0.05) is 6.07 Å². The first-order chi connectivity index (χ1) is 10.9. The normalized spacial score (nSPS) is 11.9. The van der Waals surface area contributed by atoms with Gasteiger partial charge in [-0.2, -0.15) is 0 Å². The minimum atomic E-state index is -3.97. The number of rotatable bonds is 5. The van der Waals surface area contributed by atoms with E-state index in [4.69, 9.17) is 0 Å². The van der Waals surface area contributed by atoms with Gasteiger partial charge in [0.25, 0.3) is 0 Å². The van der Waals surface area contributed by atoms with Crippen molar-refractivity contribution in [1.29, 1.82) is 0 Å². The molecule has 0 atom stereocenters. The lowest BCUT2D eigenvalue weighted by atomic mass is 10.3. The van der Waals surface area contributed by atoms with Crippen molar-refractivity contribution in [2.24, 2.45) is 0 Å². The van der Waals surface area contributed by atoms with Crippen molar-refractivity contribution in [2.45, 2.75) is 11.3 Å². The van der Waals surface area contributed by atoms with Crippen LogP contribution in [0, 0.1) is 11.6 Å². The van der Waals surface area contributed by atoms with Crippen molar-refractivity contribution in [3.05, 3.63) is 66.1 Å². The van der Waals surface area contributed by atoms with Crippen molar-refractivity contribution in [1.82, 2.24) is 14.1 Å². The third-order valence-electron chi connectivity index (χ3n) is 3.23. The topological polar surface area (TPSA) is 63.5 Å². The molecular formula is C15H13F2N3O2S. The summed E-state index contributed by atoms with van der Waals surface area (Å²) in [6.07, 6.45) is 4.00. The summed E-state index contributed by atoms with van der Waals surface area (Å²) in [4.78, 5) is 3.90. The Labute approximate surface area is 131 Å². The summed E-state index contributed by atoms with van der Waals surface area (Å²) in [5, 5.41) is 0. The van der Waals surface area contributed by atoms with E-state index in [-0.39, 0.29) is 6.54 Å². The first kappa shape index (κ1) is 15.6. The van der Waals surface area contributed by atoms with Crippen molar-refractivity contribution >= 4 is 15.7 Å². The largest absolute Gasteiger partial charge is 0.307 e. The molecule has 0 spiro atoms. The Morgan fingerprint density at radius 2 is 1.87 bits per heavy atom. The summed E-state index contributed by atoms with van der Waals surface area (Å²) in [5.74, 6) is -1.88. The number of halogens is 2. The quantitative estimate of drug-likeness (QED) is 0.776. The minimum Gasteiger partial charge on any atom is -0.307 e. The molecule has 23 heavy (non-hydrogen) atoms. The van der Waals surface area contributed by atoms with Crippen LogP contribution in [-0.2, 0) is 16.4 Å². The number of benzene rings is 1. The van der Waals surface area contributed by atoms with E-state index in [9.17, 15) is 17.2 Å². The van der Waals surface area contributed by atoms with Gasteiger partial charge in [0.15, 0.2) is 0 Å². The molecule has 0 aliphatic carbocycles. The van der Waals surface area contributed by atoms with Crippen LogP contribution >= 0.6 is 0 Å². The highest BCUT2D eigenvalue weighted by atomic mass is 32.2. The number of sulfonamides is 1. The number of hydrogen-bond acceptors (Lipinski definition) is 3. The van der Waals surface area contributed by atoms with E-state index in [1.54, 1.807) is 6.20 Å². The molecule has 2 heterocycles. The van der Waals surface area contributed by atoms with Crippen molar-refractivity contribution in [3.63, 3.8) is 0 Å². The number of fused-ring (bicyclic) bond motifs is 1. The molecule has 0 aliphatic rings. The summed E-state index contributed by atoms with van der Waals surface area (Å²) < 4.78 is 54.4. The van der Waals surface area contributed by atoms with Gasteiger partial charge in [-0.25, -0.2) is 26.9 Å². The molecule has 3 rings (SSSR count). The van der Waals surface area contributed by atoms with Gasteiger partial charge in [0, 0.05) is 31.4 Å². The van der Waals surface area contributed by atoms with E-state index in [2.05, 4.69) is 9.71 Å². The minimum absolute atomic E-state index is 0.0738. The summed E-state index contributed by atoms with van der Waals surface area (Å²) in [5.41, 5.74) is 1.47. The summed E-state index contributed by atoms with van der Waals surface area (Å²) in [6, 6.07) is 7.72. The monoisotopic (exact) mass is 337 g/mol. The van der Waals surface area contributed by atoms with Gasteiger partial charge in [-0.15, -0.1) is 0 Å². The number of pyridine rings is 1. The lowest BCUT2D eigenvalue weighted by Gasteiger charge is -2.06. The van der Waals surface area contributed by atoms with E-state index in [1.165, 1.54) is 0 Å². The predicted molar refractivity (Wildman–Crippen MR) is 80.4 cm³/mol. The predicted octanol–water partition coefficient (Wildman–Crippen LogP) is 2.13. The second-order valence-corrected chi connectivity index (χ2v) is 6.72. The van der Waals surface area contributed by atoms with Crippen molar-refractivity contribution in [2.75, 3.05) is 6.54 Å². The first-order valence-electron chi connectivity index (χ1n) is 6.82. The molecule has 1 aromatic carbocycles. The van der Waals surface area contributed by atoms with Crippen LogP contribution in [0.2, 0.25) is 0 Å². The second-order valence-electron chi connectivity index (χ2n) is 4.95. The molecule has 0 bridgehead atoms. The van der Waals surface area contributed by atoms with E-state index in [0.29, 0.717) is 18.2 Å². The zero-order valence-corrected chi connectivity index (χ0v) is 12.7. The first-order valence-corrected chi connectivity index (χ1v) is 8.31. The van der Waals surface area contributed by atoms with E-state index < -0.39 is 26.6 Å². The Kier molecular flexibility index (Phi) is 4.10. The molecule has 0 aliphatic heterocycles. The fraction of sp³-hybridized carbons (Fsp3) is 0.133. The fourth-order valence-corrected chi connectivity index (χ4v) is 3.26. The van der Waals surface area contributed by atoms with Crippen LogP contribution in [0.3, 0.4) is 0 Å². The number of imidazole rings is 1. The van der Waals surface area contributed by atoms with Crippen LogP contribution in [0.4, 0.5) is 8.78 Å². The van der Waals surface area contributed by atoms with Crippen LogP contribution < -0.4 is 4.72 Å². The number of nitrogens with one attached hydrogen (secondary N) is 1.